The standard InChI is InChI=1S/C27H45N7O12/c1-12(2)10-17(33-22(40)13(3)28)24(42)29-9-8-19(35)30-14(4)23(41)34-18(11-21(38)39)26(44)32-16(6-7-20(36)37)25(43)31-15(5)27(45)46/h12-18H,6-11,28H2,1-5H3,(H,29,42)(H,30,35)(H,31,43)(H,32,44)(H,33,40)(H,34,41)(H,36,37)(H,38,39)(H,45,46)/t13-,14+,15+,16-,17+,18-/m1/s1. The van der Waals surface area contributed by atoms with Crippen molar-refractivity contribution < 1.29 is 58.5 Å². The highest BCUT2D eigenvalue weighted by Gasteiger charge is 2.31. The van der Waals surface area contributed by atoms with Crippen molar-refractivity contribution in [2.75, 3.05) is 6.54 Å². The lowest BCUT2D eigenvalue weighted by Gasteiger charge is -2.24. The van der Waals surface area contributed by atoms with E-state index in [0.717, 1.165) is 6.92 Å². The number of carbonyl (C=O) groups is 9. The summed E-state index contributed by atoms with van der Waals surface area (Å²) in [6.45, 7) is 7.35. The summed E-state index contributed by atoms with van der Waals surface area (Å²) < 4.78 is 0. The maximum absolute atomic E-state index is 12.9. The molecule has 0 rings (SSSR count). The molecule has 19 heteroatoms. The van der Waals surface area contributed by atoms with Gasteiger partial charge in [0.2, 0.25) is 35.4 Å². The Balaban J connectivity index is 5.31. The molecule has 0 aliphatic heterocycles. The van der Waals surface area contributed by atoms with E-state index in [1.165, 1.54) is 13.8 Å². The van der Waals surface area contributed by atoms with Gasteiger partial charge in [0.05, 0.1) is 12.5 Å². The van der Waals surface area contributed by atoms with Gasteiger partial charge in [-0.15, -0.1) is 0 Å². The zero-order chi connectivity index (χ0) is 35.7. The fraction of sp³-hybridized carbons (Fsp3) is 0.667. The van der Waals surface area contributed by atoms with Gasteiger partial charge in [-0.2, -0.15) is 0 Å². The van der Waals surface area contributed by atoms with Crippen molar-refractivity contribution in [3.8, 4) is 0 Å². The Bertz CT molecular complexity index is 1140. The Morgan fingerprint density at radius 2 is 1.13 bits per heavy atom. The van der Waals surface area contributed by atoms with Crippen LogP contribution in [0, 0.1) is 5.92 Å². The van der Waals surface area contributed by atoms with Gasteiger partial charge in [0.1, 0.15) is 30.2 Å². The van der Waals surface area contributed by atoms with Gasteiger partial charge >= 0.3 is 17.9 Å². The first-order valence-corrected chi connectivity index (χ1v) is 14.5. The van der Waals surface area contributed by atoms with Gasteiger partial charge in [-0.1, -0.05) is 13.8 Å². The maximum atomic E-state index is 12.9. The highest BCUT2D eigenvalue weighted by atomic mass is 16.4. The highest BCUT2D eigenvalue weighted by molar-refractivity contribution is 5.96. The summed E-state index contributed by atoms with van der Waals surface area (Å²) >= 11 is 0. The van der Waals surface area contributed by atoms with E-state index in [2.05, 4.69) is 31.9 Å². The van der Waals surface area contributed by atoms with Gasteiger partial charge in [0.25, 0.3) is 0 Å². The van der Waals surface area contributed by atoms with Gasteiger partial charge in [-0.25, -0.2) is 0 Å². The molecule has 0 aromatic heterocycles. The Labute approximate surface area is 265 Å². The lowest BCUT2D eigenvalue weighted by Crippen LogP contribution is -2.57. The molecule has 260 valence electrons. The van der Waals surface area contributed by atoms with E-state index in [1.807, 2.05) is 13.8 Å². The number of hydrogen-bond acceptors (Lipinski definition) is 10. The molecule has 0 aliphatic rings. The van der Waals surface area contributed by atoms with Crippen molar-refractivity contribution in [1.82, 2.24) is 31.9 Å². The summed E-state index contributed by atoms with van der Waals surface area (Å²) in [6.07, 6.45) is -2.02. The molecule has 0 aromatic carbocycles. The molecular weight excluding hydrogens is 614 g/mol. The van der Waals surface area contributed by atoms with Crippen molar-refractivity contribution in [2.45, 2.75) is 103 Å². The zero-order valence-electron chi connectivity index (χ0n) is 26.4. The first-order chi connectivity index (χ1) is 21.2. The predicted molar refractivity (Wildman–Crippen MR) is 158 cm³/mol. The fourth-order valence-corrected chi connectivity index (χ4v) is 3.67. The van der Waals surface area contributed by atoms with E-state index in [0.29, 0.717) is 6.42 Å². The normalized spacial score (nSPS) is 14.7. The molecule has 0 bridgehead atoms. The van der Waals surface area contributed by atoms with E-state index in [4.69, 9.17) is 15.9 Å². The molecule has 0 saturated heterocycles. The average molecular weight is 660 g/mol. The summed E-state index contributed by atoms with van der Waals surface area (Å²) in [4.78, 5) is 108. The summed E-state index contributed by atoms with van der Waals surface area (Å²) in [5, 5.41) is 41.0. The van der Waals surface area contributed by atoms with E-state index >= 15 is 0 Å². The number of amides is 6. The third-order valence-electron chi connectivity index (χ3n) is 6.20. The molecule has 0 aliphatic carbocycles. The molecule has 19 nitrogen and oxygen atoms in total. The van der Waals surface area contributed by atoms with Crippen LogP contribution in [-0.4, -0.2) is 111 Å². The number of rotatable bonds is 21. The molecule has 11 N–H and O–H groups in total. The Morgan fingerprint density at radius 1 is 0.587 bits per heavy atom. The van der Waals surface area contributed by atoms with Crippen molar-refractivity contribution in [3.05, 3.63) is 0 Å². The minimum Gasteiger partial charge on any atom is -0.481 e. The van der Waals surface area contributed by atoms with Crippen LogP contribution in [-0.2, 0) is 43.2 Å². The summed E-state index contributed by atoms with van der Waals surface area (Å²) in [5.74, 6) is -9.20. The van der Waals surface area contributed by atoms with Crippen molar-refractivity contribution in [1.29, 1.82) is 0 Å². The maximum Gasteiger partial charge on any atom is 0.325 e. The second-order valence-corrected chi connectivity index (χ2v) is 11.0. The Kier molecular flexibility index (Phi) is 18.1. The number of hydrogen-bond donors (Lipinski definition) is 10. The van der Waals surface area contributed by atoms with Crippen LogP contribution in [0.1, 0.15) is 66.7 Å². The van der Waals surface area contributed by atoms with Gasteiger partial charge in [0.15, 0.2) is 0 Å². The molecule has 0 heterocycles. The number of nitrogens with two attached hydrogens (primary N) is 1. The highest BCUT2D eigenvalue weighted by Crippen LogP contribution is 2.06. The summed E-state index contributed by atoms with van der Waals surface area (Å²) in [5.41, 5.74) is 5.54. The second kappa shape index (κ2) is 20.3. The molecule has 0 spiro atoms. The first kappa shape index (κ1) is 41.2. The number of carboxylic acids is 3. The predicted octanol–water partition coefficient (Wildman–Crippen LogP) is -3.23. The average Bonchev–Trinajstić information content (AvgIpc) is 2.93. The van der Waals surface area contributed by atoms with E-state index < -0.39 is 109 Å². The Hall–Kier alpha value is -4.81. The minimum absolute atomic E-state index is 0.0484. The third kappa shape index (κ3) is 16.9. The topological polar surface area (TPSA) is 313 Å². The lowest BCUT2D eigenvalue weighted by atomic mass is 10.0. The molecule has 46 heavy (non-hydrogen) atoms. The SMILES string of the molecule is CC(C)C[C@H](NC(=O)[C@@H](C)N)C(=O)NCCC(=O)N[C@@H](C)C(=O)N[C@H](CC(=O)O)C(=O)N[C@H](CCC(=O)O)C(=O)N[C@@H](C)C(=O)O. The lowest BCUT2D eigenvalue weighted by molar-refractivity contribution is -0.143. The molecule has 6 atom stereocenters. The minimum atomic E-state index is -1.77. The first-order valence-electron chi connectivity index (χ1n) is 14.5. The second-order valence-electron chi connectivity index (χ2n) is 11.0. The quantitative estimate of drug-likeness (QED) is 0.0580. The number of carboxylic acid groups (broad SMARTS) is 3. The summed E-state index contributed by atoms with van der Waals surface area (Å²) in [7, 11) is 0. The number of nitrogens with one attached hydrogen (secondary N) is 6. The van der Waals surface area contributed by atoms with Crippen molar-refractivity contribution in [3.63, 3.8) is 0 Å². The molecule has 0 radical (unpaired) electrons. The molecule has 0 aromatic rings. The zero-order valence-corrected chi connectivity index (χ0v) is 26.4. The molecule has 0 fully saturated rings. The fourth-order valence-electron chi connectivity index (χ4n) is 3.67. The van der Waals surface area contributed by atoms with Gasteiger partial charge < -0.3 is 53.0 Å². The van der Waals surface area contributed by atoms with Crippen LogP contribution in [0.4, 0.5) is 0 Å². The van der Waals surface area contributed by atoms with Gasteiger partial charge in [-0.05, 0) is 39.5 Å². The molecule has 6 amide bonds. The van der Waals surface area contributed by atoms with Crippen molar-refractivity contribution in [2.24, 2.45) is 11.7 Å². The summed E-state index contributed by atoms with van der Waals surface area (Å²) in [6, 6.07) is -7.78. The van der Waals surface area contributed by atoms with Crippen LogP contribution in [0.25, 0.3) is 0 Å². The monoisotopic (exact) mass is 659 g/mol. The van der Waals surface area contributed by atoms with E-state index in [1.54, 1.807) is 0 Å². The Morgan fingerprint density at radius 3 is 1.63 bits per heavy atom. The number of aliphatic carboxylic acids is 3. The third-order valence-corrected chi connectivity index (χ3v) is 6.20. The van der Waals surface area contributed by atoms with Gasteiger partial charge in [0, 0.05) is 19.4 Å². The molecule has 0 unspecified atom stereocenters. The van der Waals surface area contributed by atoms with Crippen LogP contribution >= 0.6 is 0 Å². The van der Waals surface area contributed by atoms with Crippen LogP contribution in [0.5, 0.6) is 0 Å². The van der Waals surface area contributed by atoms with Crippen LogP contribution < -0.4 is 37.6 Å². The largest absolute Gasteiger partial charge is 0.481 e. The van der Waals surface area contributed by atoms with Gasteiger partial charge in [-0.3, -0.25) is 43.2 Å². The number of carbonyl (C=O) groups excluding carboxylic acids is 6. The van der Waals surface area contributed by atoms with E-state index in [9.17, 15) is 48.3 Å². The smallest absolute Gasteiger partial charge is 0.325 e. The van der Waals surface area contributed by atoms with Crippen LogP contribution in [0.15, 0.2) is 0 Å². The van der Waals surface area contributed by atoms with E-state index in [-0.39, 0.29) is 18.9 Å². The molecular formula is C27H45N7O12. The van der Waals surface area contributed by atoms with Crippen molar-refractivity contribution >= 4 is 53.4 Å². The van der Waals surface area contributed by atoms with Crippen LogP contribution in [0.2, 0.25) is 0 Å². The van der Waals surface area contributed by atoms with Crippen LogP contribution in [0.3, 0.4) is 0 Å². The molecule has 0 saturated carbocycles.